The van der Waals surface area contributed by atoms with Gasteiger partial charge in [-0.3, -0.25) is 9.97 Å². The lowest BCUT2D eigenvalue weighted by molar-refractivity contribution is 1.17. The van der Waals surface area contributed by atoms with Gasteiger partial charge < -0.3 is 9.13 Å². The first-order valence-corrected chi connectivity index (χ1v) is 14.2. The first kappa shape index (κ1) is 23.0. The maximum absolute atomic E-state index is 4.69. The first-order chi connectivity index (χ1) is 20.8. The third-order valence-electron chi connectivity index (χ3n) is 8.40. The summed E-state index contributed by atoms with van der Waals surface area (Å²) in [5, 5.41) is 4.85. The number of aromatic nitrogens is 4. The molecule has 0 fully saturated rings. The van der Waals surface area contributed by atoms with Crippen molar-refractivity contribution in [1.29, 1.82) is 0 Å². The van der Waals surface area contributed by atoms with Gasteiger partial charge in [-0.2, -0.15) is 0 Å². The van der Waals surface area contributed by atoms with Crippen LogP contribution < -0.4 is 0 Å². The quantitative estimate of drug-likeness (QED) is 0.225. The van der Waals surface area contributed by atoms with Crippen molar-refractivity contribution in [2.24, 2.45) is 0 Å². The lowest BCUT2D eigenvalue weighted by Crippen LogP contribution is -1.95. The summed E-state index contributed by atoms with van der Waals surface area (Å²) in [7, 11) is 0. The van der Waals surface area contributed by atoms with Gasteiger partial charge in [0.05, 0.1) is 33.1 Å². The topological polar surface area (TPSA) is 35.6 Å². The Hall–Kier alpha value is -5.74. The van der Waals surface area contributed by atoms with Gasteiger partial charge in [-0.15, -0.1) is 0 Å². The Labute approximate surface area is 241 Å². The number of para-hydroxylation sites is 2. The Morgan fingerprint density at radius 2 is 1.05 bits per heavy atom. The zero-order chi connectivity index (χ0) is 27.6. The van der Waals surface area contributed by atoms with E-state index in [1.165, 1.54) is 38.3 Å². The Kier molecular flexibility index (Phi) is 4.87. The summed E-state index contributed by atoms with van der Waals surface area (Å²) < 4.78 is 4.79. The van der Waals surface area contributed by atoms with Gasteiger partial charge in [0.15, 0.2) is 0 Å². The average Bonchev–Trinajstić information content (AvgIpc) is 3.57. The Morgan fingerprint density at radius 3 is 1.83 bits per heavy atom. The molecule has 0 aliphatic heterocycles. The Morgan fingerprint density at radius 1 is 0.405 bits per heavy atom. The summed E-state index contributed by atoms with van der Waals surface area (Å²) in [5.41, 5.74) is 11.1. The molecule has 0 saturated carbocycles. The van der Waals surface area contributed by atoms with Crippen LogP contribution in [0.25, 0.3) is 77.1 Å². The molecule has 0 amide bonds. The summed E-state index contributed by atoms with van der Waals surface area (Å²) in [6.07, 6.45) is 3.54. The molecule has 9 rings (SSSR count). The molecule has 3 aromatic heterocycles. The summed E-state index contributed by atoms with van der Waals surface area (Å²) in [6.45, 7) is 0. The molecule has 0 aliphatic carbocycles. The van der Waals surface area contributed by atoms with Gasteiger partial charge in [-0.05, 0) is 59.7 Å². The number of hydrogen-bond acceptors (Lipinski definition) is 2. The van der Waals surface area contributed by atoms with Crippen LogP contribution in [0.4, 0.5) is 0 Å². The van der Waals surface area contributed by atoms with Crippen LogP contribution in [0, 0.1) is 0 Å². The molecule has 0 bridgehead atoms. The fraction of sp³-hybridized carbons (Fsp3) is 0. The third-order valence-corrected chi connectivity index (χ3v) is 8.40. The van der Waals surface area contributed by atoms with Gasteiger partial charge >= 0.3 is 0 Å². The van der Waals surface area contributed by atoms with E-state index in [9.17, 15) is 0 Å². The standard InChI is InChI=1S/C38H24N4/c1-3-9-25(10-4-1)26-15-17-28(18-16-26)41-35-20-19-30-29-13-7-8-14-34(29)42(27-11-5-2-6-12-27)38(30)37(35)31-23-32-33(24-36(31)41)40-22-21-39-32/h1-24H. The Balaban J connectivity index is 1.44. The monoisotopic (exact) mass is 536 g/mol. The minimum atomic E-state index is 0.884. The molecular formula is C38H24N4. The molecule has 6 aromatic carbocycles. The highest BCUT2D eigenvalue weighted by Gasteiger charge is 2.21. The zero-order valence-electron chi connectivity index (χ0n) is 22.6. The lowest BCUT2D eigenvalue weighted by atomic mass is 10.1. The second kappa shape index (κ2) is 8.88. The first-order valence-electron chi connectivity index (χ1n) is 14.2. The van der Waals surface area contributed by atoms with Crippen molar-refractivity contribution in [1.82, 2.24) is 19.1 Å². The van der Waals surface area contributed by atoms with Crippen molar-refractivity contribution >= 4 is 54.6 Å². The number of hydrogen-bond donors (Lipinski definition) is 0. The van der Waals surface area contributed by atoms with E-state index in [2.05, 4.69) is 148 Å². The SMILES string of the molecule is c1ccc(-c2ccc(-n3c4cc5nccnc5cc4c4c3ccc3c5ccccc5n(-c5ccccc5)c34)cc2)cc1. The highest BCUT2D eigenvalue weighted by Crippen LogP contribution is 2.42. The highest BCUT2D eigenvalue weighted by molar-refractivity contribution is 6.27. The maximum atomic E-state index is 4.69. The minimum absolute atomic E-state index is 0.884. The number of nitrogens with zero attached hydrogens (tertiary/aromatic N) is 4. The van der Waals surface area contributed by atoms with Crippen molar-refractivity contribution in [2.45, 2.75) is 0 Å². The fourth-order valence-corrected chi connectivity index (χ4v) is 6.57. The van der Waals surface area contributed by atoms with Crippen LogP contribution in [0.5, 0.6) is 0 Å². The predicted octanol–water partition coefficient (Wildman–Crippen LogP) is 9.49. The molecular weight excluding hydrogens is 512 g/mol. The summed E-state index contributed by atoms with van der Waals surface area (Å²) >= 11 is 0. The van der Waals surface area contributed by atoms with Crippen molar-refractivity contribution in [3.8, 4) is 22.5 Å². The van der Waals surface area contributed by atoms with Gasteiger partial charge in [-0.1, -0.05) is 84.9 Å². The minimum Gasteiger partial charge on any atom is -0.309 e. The van der Waals surface area contributed by atoms with Crippen LogP contribution >= 0.6 is 0 Å². The van der Waals surface area contributed by atoms with Crippen molar-refractivity contribution in [3.05, 3.63) is 146 Å². The molecule has 0 radical (unpaired) electrons. The van der Waals surface area contributed by atoms with Crippen molar-refractivity contribution in [2.75, 3.05) is 0 Å². The molecule has 196 valence electrons. The van der Waals surface area contributed by atoms with E-state index >= 15 is 0 Å². The number of fused-ring (bicyclic) bond motifs is 8. The van der Waals surface area contributed by atoms with Crippen molar-refractivity contribution in [3.63, 3.8) is 0 Å². The number of benzene rings is 6. The average molecular weight is 537 g/mol. The molecule has 4 heteroatoms. The van der Waals surface area contributed by atoms with Crippen molar-refractivity contribution < 1.29 is 0 Å². The second-order valence-corrected chi connectivity index (χ2v) is 10.7. The van der Waals surface area contributed by atoms with Crippen LogP contribution in [-0.2, 0) is 0 Å². The lowest BCUT2D eigenvalue weighted by Gasteiger charge is -2.11. The van der Waals surface area contributed by atoms with E-state index in [-0.39, 0.29) is 0 Å². The van der Waals surface area contributed by atoms with E-state index in [1.807, 2.05) is 0 Å². The van der Waals surface area contributed by atoms with Gasteiger partial charge in [0.2, 0.25) is 0 Å². The molecule has 4 nitrogen and oxygen atoms in total. The van der Waals surface area contributed by atoms with E-state index in [1.54, 1.807) is 12.4 Å². The summed E-state index contributed by atoms with van der Waals surface area (Å²) in [5.74, 6) is 0. The second-order valence-electron chi connectivity index (χ2n) is 10.7. The van der Waals surface area contributed by atoms with E-state index in [4.69, 9.17) is 4.98 Å². The zero-order valence-corrected chi connectivity index (χ0v) is 22.6. The summed E-state index contributed by atoms with van der Waals surface area (Å²) in [4.78, 5) is 9.36. The molecule has 9 aromatic rings. The van der Waals surface area contributed by atoms with Crippen LogP contribution in [-0.4, -0.2) is 19.1 Å². The van der Waals surface area contributed by atoms with E-state index < -0.39 is 0 Å². The summed E-state index contributed by atoms with van der Waals surface area (Å²) in [6, 6.07) is 47.7. The third kappa shape index (κ3) is 3.29. The highest BCUT2D eigenvalue weighted by atomic mass is 15.0. The van der Waals surface area contributed by atoms with Gasteiger partial charge in [-0.25, -0.2) is 0 Å². The van der Waals surface area contributed by atoms with Crippen LogP contribution in [0.1, 0.15) is 0 Å². The van der Waals surface area contributed by atoms with Crippen LogP contribution in [0.15, 0.2) is 146 Å². The molecule has 0 aliphatic rings. The fourth-order valence-electron chi connectivity index (χ4n) is 6.57. The van der Waals surface area contributed by atoms with E-state index in [0.29, 0.717) is 0 Å². The molecule has 0 atom stereocenters. The van der Waals surface area contributed by atoms with Crippen LogP contribution in [0.3, 0.4) is 0 Å². The largest absolute Gasteiger partial charge is 0.309 e. The predicted molar refractivity (Wildman–Crippen MR) is 174 cm³/mol. The molecule has 42 heavy (non-hydrogen) atoms. The van der Waals surface area contributed by atoms with Gasteiger partial charge in [0.1, 0.15) is 0 Å². The Bertz CT molecular complexity index is 2430. The molecule has 0 spiro atoms. The molecule has 3 heterocycles. The smallest absolute Gasteiger partial charge is 0.0908 e. The van der Waals surface area contributed by atoms with Gasteiger partial charge in [0, 0.05) is 45.3 Å². The van der Waals surface area contributed by atoms with E-state index in [0.717, 1.165) is 38.8 Å². The number of rotatable bonds is 3. The van der Waals surface area contributed by atoms with Gasteiger partial charge in [0.25, 0.3) is 0 Å². The molecule has 0 N–H and O–H groups in total. The molecule has 0 saturated heterocycles. The van der Waals surface area contributed by atoms with Crippen LogP contribution in [0.2, 0.25) is 0 Å². The normalized spacial score (nSPS) is 11.8. The molecule has 0 unspecified atom stereocenters. The maximum Gasteiger partial charge on any atom is 0.0908 e.